The van der Waals surface area contributed by atoms with Gasteiger partial charge >= 0.3 is 16.4 Å². The van der Waals surface area contributed by atoms with Crippen LogP contribution in [0.2, 0.25) is 0 Å². The molecule has 0 aliphatic carbocycles. The summed E-state index contributed by atoms with van der Waals surface area (Å²) in [7, 11) is -1.48. The number of amides is 3. The Morgan fingerprint density at radius 1 is 1.45 bits per heavy atom. The molecular weight excluding hydrogens is 292 g/mol. The van der Waals surface area contributed by atoms with E-state index in [1.165, 1.54) is 9.91 Å². The molecule has 20 heavy (non-hydrogen) atoms. The van der Waals surface area contributed by atoms with E-state index >= 15 is 0 Å². The van der Waals surface area contributed by atoms with Crippen molar-refractivity contribution in [3.63, 3.8) is 0 Å². The zero-order chi connectivity index (χ0) is 15.1. The second-order valence-corrected chi connectivity index (χ2v) is 5.88. The zero-order valence-electron chi connectivity index (χ0n) is 11.0. The molecular formula is C9H16N4O6S. The molecule has 0 aromatic rings. The molecule has 2 bridgehead atoms. The molecule has 2 fully saturated rings. The number of nitrogens with zero attached hydrogens (tertiary/aromatic N) is 3. The average Bonchev–Trinajstić information content (AvgIpc) is 2.52. The summed E-state index contributed by atoms with van der Waals surface area (Å²) in [5.41, 5.74) is 2.55. The van der Waals surface area contributed by atoms with Crippen LogP contribution in [-0.4, -0.2) is 72.6 Å². The molecule has 0 saturated carbocycles. The van der Waals surface area contributed by atoms with E-state index in [0.717, 1.165) is 0 Å². The van der Waals surface area contributed by atoms with Gasteiger partial charge in [-0.3, -0.25) is 14.8 Å². The van der Waals surface area contributed by atoms with Crippen molar-refractivity contribution in [2.45, 2.75) is 24.9 Å². The lowest BCUT2D eigenvalue weighted by atomic mass is 10.0. The van der Waals surface area contributed by atoms with Crippen LogP contribution < -0.4 is 5.43 Å². The van der Waals surface area contributed by atoms with Crippen LogP contribution >= 0.6 is 0 Å². The lowest BCUT2D eigenvalue weighted by Gasteiger charge is -2.30. The van der Waals surface area contributed by atoms with Crippen LogP contribution in [0.4, 0.5) is 4.79 Å². The molecule has 0 spiro atoms. The number of fused-ring (bicyclic) bond motifs is 2. The molecule has 3 amide bonds. The molecule has 114 valence electrons. The summed E-state index contributed by atoms with van der Waals surface area (Å²) in [6, 6.07) is -1.92. The Morgan fingerprint density at radius 3 is 2.65 bits per heavy atom. The molecule has 0 radical (unpaired) electrons. The molecule has 2 atom stereocenters. The smallest absolute Gasteiger partial charge is 0.309 e. The zero-order valence-corrected chi connectivity index (χ0v) is 11.8. The van der Waals surface area contributed by atoms with E-state index in [1.807, 2.05) is 0 Å². The highest BCUT2D eigenvalue weighted by atomic mass is 32.3. The van der Waals surface area contributed by atoms with Crippen molar-refractivity contribution in [1.82, 2.24) is 20.4 Å². The average molecular weight is 308 g/mol. The maximum Gasteiger partial charge on any atom is 0.418 e. The van der Waals surface area contributed by atoms with Crippen molar-refractivity contribution in [2.75, 3.05) is 20.6 Å². The molecule has 2 aliphatic rings. The van der Waals surface area contributed by atoms with Crippen LogP contribution in [0.25, 0.3) is 0 Å². The maximum absolute atomic E-state index is 12.0. The van der Waals surface area contributed by atoms with Crippen molar-refractivity contribution in [2.24, 2.45) is 0 Å². The highest BCUT2D eigenvalue weighted by Crippen LogP contribution is 2.30. The van der Waals surface area contributed by atoms with Gasteiger partial charge in [-0.05, 0) is 12.8 Å². The molecule has 2 rings (SSSR count). The van der Waals surface area contributed by atoms with Crippen LogP contribution in [0, 0.1) is 0 Å². The van der Waals surface area contributed by atoms with Crippen molar-refractivity contribution >= 4 is 22.3 Å². The minimum absolute atomic E-state index is 0.180. The van der Waals surface area contributed by atoms with Crippen LogP contribution in [-0.2, 0) is 19.5 Å². The number of hydrazine groups is 1. The Balaban J connectivity index is 2.11. The molecule has 11 heteroatoms. The quantitative estimate of drug-likeness (QED) is 0.483. The van der Waals surface area contributed by atoms with Gasteiger partial charge in [0.1, 0.15) is 6.04 Å². The fraction of sp³-hybridized carbons (Fsp3) is 0.778. The Kier molecular flexibility index (Phi) is 3.86. The monoisotopic (exact) mass is 308 g/mol. The van der Waals surface area contributed by atoms with Gasteiger partial charge in [-0.25, -0.2) is 9.80 Å². The SMILES string of the molecule is CN(C)NC(=O)C1CCC2CN1C(=O)N2OS(=O)(=O)O. The first-order valence-electron chi connectivity index (χ1n) is 5.93. The third-order valence-corrected chi connectivity index (χ3v) is 3.48. The lowest BCUT2D eigenvalue weighted by molar-refractivity contribution is -0.129. The molecule has 10 nitrogen and oxygen atoms in total. The van der Waals surface area contributed by atoms with E-state index in [4.69, 9.17) is 4.55 Å². The van der Waals surface area contributed by atoms with Gasteiger partial charge in [0, 0.05) is 20.6 Å². The highest BCUT2D eigenvalue weighted by Gasteiger charge is 2.49. The summed E-state index contributed by atoms with van der Waals surface area (Å²) >= 11 is 0. The molecule has 0 aromatic heterocycles. The van der Waals surface area contributed by atoms with E-state index in [2.05, 4.69) is 9.71 Å². The van der Waals surface area contributed by atoms with E-state index in [0.29, 0.717) is 17.9 Å². The number of hydrogen-bond donors (Lipinski definition) is 2. The van der Waals surface area contributed by atoms with Crippen LogP contribution in [0.3, 0.4) is 0 Å². The first-order chi connectivity index (χ1) is 9.19. The number of carbonyl (C=O) groups excluding carboxylic acids is 2. The van der Waals surface area contributed by atoms with E-state index in [1.54, 1.807) is 14.1 Å². The van der Waals surface area contributed by atoms with E-state index < -0.39 is 28.5 Å². The van der Waals surface area contributed by atoms with Crippen LogP contribution in [0.1, 0.15) is 12.8 Å². The predicted molar refractivity (Wildman–Crippen MR) is 65.2 cm³/mol. The fourth-order valence-electron chi connectivity index (χ4n) is 2.40. The Hall–Kier alpha value is -1.43. The first kappa shape index (κ1) is 15.0. The topological polar surface area (TPSA) is 119 Å². The van der Waals surface area contributed by atoms with Crippen LogP contribution in [0.5, 0.6) is 0 Å². The Bertz CT molecular complexity index is 521. The van der Waals surface area contributed by atoms with Crippen molar-refractivity contribution in [3.05, 3.63) is 0 Å². The molecule has 2 aliphatic heterocycles. The van der Waals surface area contributed by atoms with Gasteiger partial charge in [0.25, 0.3) is 5.91 Å². The maximum atomic E-state index is 12.0. The van der Waals surface area contributed by atoms with Gasteiger partial charge in [0.15, 0.2) is 0 Å². The summed E-state index contributed by atoms with van der Waals surface area (Å²) < 4.78 is 34.4. The van der Waals surface area contributed by atoms with Crippen molar-refractivity contribution in [1.29, 1.82) is 0 Å². The number of rotatable bonds is 4. The van der Waals surface area contributed by atoms with Crippen molar-refractivity contribution < 1.29 is 26.8 Å². The number of hydroxylamine groups is 2. The highest BCUT2D eigenvalue weighted by molar-refractivity contribution is 7.80. The number of nitrogens with one attached hydrogen (secondary N) is 1. The molecule has 2 N–H and O–H groups in total. The molecule has 2 unspecified atom stereocenters. The minimum atomic E-state index is -4.77. The third-order valence-electron chi connectivity index (χ3n) is 3.13. The third kappa shape index (κ3) is 3.00. The molecule has 0 aromatic carbocycles. The molecule has 2 heterocycles. The lowest BCUT2D eigenvalue weighted by Crippen LogP contribution is -2.52. The number of hydrogen-bond acceptors (Lipinski definition) is 6. The largest absolute Gasteiger partial charge is 0.418 e. The summed E-state index contributed by atoms with van der Waals surface area (Å²) in [6.07, 6.45) is 0.796. The number of carbonyl (C=O) groups is 2. The summed E-state index contributed by atoms with van der Waals surface area (Å²) in [5.74, 6) is -0.351. The van der Waals surface area contributed by atoms with Crippen LogP contribution in [0.15, 0.2) is 0 Å². The summed E-state index contributed by atoms with van der Waals surface area (Å²) in [6.45, 7) is 0.180. The normalized spacial score (nSPS) is 26.3. The molecule has 2 saturated heterocycles. The number of piperidine rings is 1. The second kappa shape index (κ2) is 5.16. The minimum Gasteiger partial charge on any atom is -0.309 e. The van der Waals surface area contributed by atoms with E-state index in [-0.39, 0.29) is 12.5 Å². The summed E-state index contributed by atoms with van der Waals surface area (Å²) in [4.78, 5) is 25.2. The van der Waals surface area contributed by atoms with Gasteiger partial charge in [-0.2, -0.15) is 13.5 Å². The van der Waals surface area contributed by atoms with E-state index in [9.17, 15) is 18.0 Å². The van der Waals surface area contributed by atoms with Gasteiger partial charge in [-0.15, -0.1) is 4.28 Å². The fourth-order valence-corrected chi connectivity index (χ4v) is 2.79. The Labute approximate surface area is 116 Å². The van der Waals surface area contributed by atoms with Gasteiger partial charge in [0.05, 0.1) is 6.04 Å². The predicted octanol–water partition coefficient (Wildman–Crippen LogP) is -1.42. The first-order valence-corrected chi connectivity index (χ1v) is 7.30. The second-order valence-electron chi connectivity index (χ2n) is 4.88. The van der Waals surface area contributed by atoms with Gasteiger partial charge in [0.2, 0.25) is 0 Å². The van der Waals surface area contributed by atoms with Gasteiger partial charge in [-0.1, -0.05) is 0 Å². The summed E-state index contributed by atoms with van der Waals surface area (Å²) in [5, 5.41) is 2.07. The van der Waals surface area contributed by atoms with Crippen molar-refractivity contribution in [3.8, 4) is 0 Å². The number of urea groups is 1. The Morgan fingerprint density at radius 2 is 2.10 bits per heavy atom. The van der Waals surface area contributed by atoms with Gasteiger partial charge < -0.3 is 4.90 Å². The standard InChI is InChI=1S/C9H16N4O6S/c1-11(2)10-8(14)7-4-3-6-5-12(7)9(15)13(6)19-20(16,17)18/h6-7H,3-5H2,1-2H3,(H,10,14)(H,16,17,18).